The molecular formula is C13H18BrF2NO. The van der Waals surface area contributed by atoms with Gasteiger partial charge in [-0.15, -0.1) is 0 Å². The lowest BCUT2D eigenvalue weighted by Gasteiger charge is -2.18. The molecule has 2 nitrogen and oxygen atoms in total. The van der Waals surface area contributed by atoms with Crippen LogP contribution in [0.15, 0.2) is 16.6 Å². The van der Waals surface area contributed by atoms with E-state index in [9.17, 15) is 13.9 Å². The fourth-order valence-electron chi connectivity index (χ4n) is 1.77. The summed E-state index contributed by atoms with van der Waals surface area (Å²) in [5.41, 5.74) is -0.00780. The van der Waals surface area contributed by atoms with Gasteiger partial charge in [-0.3, -0.25) is 0 Å². The molecule has 0 aliphatic carbocycles. The first-order valence-electron chi connectivity index (χ1n) is 5.92. The average Bonchev–Trinajstić information content (AvgIpc) is 2.32. The van der Waals surface area contributed by atoms with E-state index >= 15 is 0 Å². The normalized spacial score (nSPS) is 13.1. The minimum Gasteiger partial charge on any atom is -0.395 e. The fraction of sp³-hybridized carbons (Fsp3) is 0.538. The van der Waals surface area contributed by atoms with Crippen molar-refractivity contribution in [3.05, 3.63) is 33.8 Å². The molecule has 1 rings (SSSR count). The summed E-state index contributed by atoms with van der Waals surface area (Å²) in [7, 11) is 0. The zero-order chi connectivity index (χ0) is 13.7. The number of benzene rings is 1. The van der Waals surface area contributed by atoms with Gasteiger partial charge in [0, 0.05) is 18.2 Å². The summed E-state index contributed by atoms with van der Waals surface area (Å²) in [4.78, 5) is 0. The van der Waals surface area contributed by atoms with Gasteiger partial charge in [-0.1, -0.05) is 13.8 Å². The average molecular weight is 322 g/mol. The topological polar surface area (TPSA) is 32.3 Å². The van der Waals surface area contributed by atoms with Crippen LogP contribution >= 0.6 is 15.9 Å². The van der Waals surface area contributed by atoms with Crippen LogP contribution in [0.3, 0.4) is 0 Å². The molecule has 0 fully saturated rings. The smallest absolute Gasteiger partial charge is 0.144 e. The van der Waals surface area contributed by atoms with E-state index in [1.807, 2.05) is 13.8 Å². The van der Waals surface area contributed by atoms with E-state index in [4.69, 9.17) is 0 Å². The second kappa shape index (κ2) is 7.16. The Labute approximate surface area is 115 Å². The highest BCUT2D eigenvalue weighted by Gasteiger charge is 2.15. The third-order valence-corrected chi connectivity index (χ3v) is 3.30. The molecule has 0 radical (unpaired) electrons. The molecule has 0 saturated heterocycles. The first-order valence-corrected chi connectivity index (χ1v) is 6.71. The van der Waals surface area contributed by atoms with Gasteiger partial charge in [0.1, 0.15) is 11.6 Å². The third kappa shape index (κ3) is 4.30. The highest BCUT2D eigenvalue weighted by molar-refractivity contribution is 9.10. The Morgan fingerprint density at radius 1 is 1.33 bits per heavy atom. The quantitative estimate of drug-likeness (QED) is 0.788. The number of hydrogen-bond donors (Lipinski definition) is 2. The summed E-state index contributed by atoms with van der Waals surface area (Å²) >= 11 is 3.03. The van der Waals surface area contributed by atoms with E-state index in [1.165, 1.54) is 12.1 Å². The Bertz CT molecular complexity index is 399. The Kier molecular flexibility index (Phi) is 6.18. The summed E-state index contributed by atoms with van der Waals surface area (Å²) < 4.78 is 27.4. The molecule has 1 atom stereocenters. The van der Waals surface area contributed by atoms with Crippen LogP contribution in [0.5, 0.6) is 0 Å². The van der Waals surface area contributed by atoms with Crippen LogP contribution in [0.25, 0.3) is 0 Å². The molecule has 18 heavy (non-hydrogen) atoms. The summed E-state index contributed by atoms with van der Waals surface area (Å²) in [6, 6.07) is 2.41. The predicted octanol–water partition coefficient (Wildman–Crippen LogP) is 3.22. The molecule has 2 N–H and O–H groups in total. The number of halogens is 3. The first-order chi connectivity index (χ1) is 8.45. The van der Waals surface area contributed by atoms with Gasteiger partial charge >= 0.3 is 0 Å². The maximum Gasteiger partial charge on any atom is 0.144 e. The standard InChI is InChI=1S/C13H18BrF2NO/c1-8(2)5-9(7-18)17-6-10-12(15)4-3-11(14)13(10)16/h3-4,8-9,17-18H,5-7H2,1-2H3. The van der Waals surface area contributed by atoms with Crippen LogP contribution < -0.4 is 5.32 Å². The molecule has 0 aromatic heterocycles. The molecule has 0 aliphatic heterocycles. The summed E-state index contributed by atoms with van der Waals surface area (Å²) in [6.07, 6.45) is 0.758. The number of aliphatic hydroxyl groups excluding tert-OH is 1. The largest absolute Gasteiger partial charge is 0.395 e. The Balaban J connectivity index is 2.70. The molecule has 1 unspecified atom stereocenters. The van der Waals surface area contributed by atoms with Gasteiger partial charge in [0.25, 0.3) is 0 Å². The number of nitrogens with one attached hydrogen (secondary N) is 1. The molecular weight excluding hydrogens is 304 g/mol. The van der Waals surface area contributed by atoms with E-state index in [2.05, 4.69) is 21.2 Å². The molecule has 1 aromatic carbocycles. The van der Waals surface area contributed by atoms with Crippen molar-refractivity contribution in [3.8, 4) is 0 Å². The van der Waals surface area contributed by atoms with Crippen LogP contribution in [0.1, 0.15) is 25.8 Å². The SMILES string of the molecule is CC(C)CC(CO)NCc1c(F)ccc(Br)c1F. The van der Waals surface area contributed by atoms with E-state index < -0.39 is 11.6 Å². The maximum atomic E-state index is 13.7. The maximum absolute atomic E-state index is 13.7. The van der Waals surface area contributed by atoms with Crippen LogP contribution in [-0.4, -0.2) is 17.8 Å². The lowest BCUT2D eigenvalue weighted by molar-refractivity contribution is 0.222. The minimum atomic E-state index is -0.594. The zero-order valence-corrected chi connectivity index (χ0v) is 12.1. The number of rotatable bonds is 6. The van der Waals surface area contributed by atoms with Crippen LogP contribution in [0.4, 0.5) is 8.78 Å². The summed E-state index contributed by atoms with van der Waals surface area (Å²) in [5.74, 6) is -0.764. The van der Waals surface area contributed by atoms with Gasteiger partial charge < -0.3 is 10.4 Å². The van der Waals surface area contributed by atoms with Gasteiger partial charge in [0.05, 0.1) is 11.1 Å². The van der Waals surface area contributed by atoms with Gasteiger partial charge in [-0.05, 0) is 40.4 Å². The van der Waals surface area contributed by atoms with Crippen molar-refractivity contribution in [2.45, 2.75) is 32.9 Å². The van der Waals surface area contributed by atoms with Gasteiger partial charge in [-0.25, -0.2) is 8.78 Å². The van der Waals surface area contributed by atoms with Gasteiger partial charge in [0.15, 0.2) is 0 Å². The highest BCUT2D eigenvalue weighted by Crippen LogP contribution is 2.21. The Morgan fingerprint density at radius 3 is 2.56 bits per heavy atom. The third-order valence-electron chi connectivity index (χ3n) is 2.68. The molecule has 0 saturated carbocycles. The van der Waals surface area contributed by atoms with E-state index in [-0.39, 0.29) is 29.2 Å². The molecule has 0 heterocycles. The molecule has 5 heteroatoms. The van der Waals surface area contributed by atoms with Crippen LogP contribution in [0, 0.1) is 17.6 Å². The molecule has 0 bridgehead atoms. The summed E-state index contributed by atoms with van der Waals surface area (Å²) in [6.45, 7) is 4.08. The fourth-order valence-corrected chi connectivity index (χ4v) is 2.14. The molecule has 0 spiro atoms. The second-order valence-electron chi connectivity index (χ2n) is 4.71. The summed E-state index contributed by atoms with van der Waals surface area (Å²) in [5, 5.41) is 12.2. The van der Waals surface area contributed by atoms with Gasteiger partial charge in [-0.2, -0.15) is 0 Å². The Morgan fingerprint density at radius 2 is 2.00 bits per heavy atom. The van der Waals surface area contributed by atoms with Crippen LogP contribution in [-0.2, 0) is 6.54 Å². The van der Waals surface area contributed by atoms with E-state index in [1.54, 1.807) is 0 Å². The molecule has 0 amide bonds. The van der Waals surface area contributed by atoms with Crippen molar-refractivity contribution < 1.29 is 13.9 Å². The highest BCUT2D eigenvalue weighted by atomic mass is 79.9. The van der Waals surface area contributed by atoms with Crippen molar-refractivity contribution in [1.29, 1.82) is 0 Å². The lowest BCUT2D eigenvalue weighted by Crippen LogP contribution is -2.33. The molecule has 1 aromatic rings. The predicted molar refractivity (Wildman–Crippen MR) is 71.2 cm³/mol. The van der Waals surface area contributed by atoms with Crippen molar-refractivity contribution >= 4 is 15.9 Å². The zero-order valence-electron chi connectivity index (χ0n) is 10.5. The van der Waals surface area contributed by atoms with Gasteiger partial charge in [0.2, 0.25) is 0 Å². The van der Waals surface area contributed by atoms with Crippen molar-refractivity contribution in [2.75, 3.05) is 6.61 Å². The van der Waals surface area contributed by atoms with E-state index in [0.29, 0.717) is 5.92 Å². The second-order valence-corrected chi connectivity index (χ2v) is 5.57. The molecule has 102 valence electrons. The lowest BCUT2D eigenvalue weighted by atomic mass is 10.0. The van der Waals surface area contributed by atoms with Crippen molar-refractivity contribution in [3.63, 3.8) is 0 Å². The number of aliphatic hydroxyl groups is 1. The Hall–Kier alpha value is -0.520. The number of hydrogen-bond acceptors (Lipinski definition) is 2. The van der Waals surface area contributed by atoms with E-state index in [0.717, 1.165) is 6.42 Å². The molecule has 0 aliphatic rings. The minimum absolute atomic E-state index is 0.00780. The monoisotopic (exact) mass is 321 g/mol. The first kappa shape index (κ1) is 15.5. The van der Waals surface area contributed by atoms with Crippen LogP contribution in [0.2, 0.25) is 0 Å². The van der Waals surface area contributed by atoms with Crippen molar-refractivity contribution in [1.82, 2.24) is 5.32 Å². The van der Waals surface area contributed by atoms with Crippen molar-refractivity contribution in [2.24, 2.45) is 5.92 Å².